The molecule has 0 saturated heterocycles. The number of carbonyl (C=O) groups is 1. The third-order valence-corrected chi connectivity index (χ3v) is 4.95. The summed E-state index contributed by atoms with van der Waals surface area (Å²) in [6.45, 7) is 14.3. The summed E-state index contributed by atoms with van der Waals surface area (Å²) in [5, 5.41) is 0. The van der Waals surface area contributed by atoms with E-state index in [4.69, 9.17) is 4.84 Å². The van der Waals surface area contributed by atoms with Gasteiger partial charge in [0.05, 0.1) is 11.1 Å². The van der Waals surface area contributed by atoms with E-state index in [1.807, 2.05) is 43.2 Å². The fraction of sp³-hybridized carbons (Fsp3) is 0.583. The molecule has 1 N–H and O–H groups in total. The van der Waals surface area contributed by atoms with Crippen LogP contribution in [-0.4, -0.2) is 20.8 Å². The topological polar surface area (TPSA) is 60.6 Å². The number of rotatable bonds is 6. The van der Waals surface area contributed by atoms with E-state index in [-0.39, 0.29) is 16.7 Å². The third-order valence-electron chi connectivity index (χ3n) is 4.95. The number of unbranched alkanes of at least 4 members (excludes halogenated alkanes) is 1. The van der Waals surface area contributed by atoms with Crippen LogP contribution in [0.15, 0.2) is 29.3 Å². The number of aromatic nitrogens is 2. The number of benzene rings is 1. The summed E-state index contributed by atoms with van der Waals surface area (Å²) in [5.41, 5.74) is 2.21. The second-order valence-electron chi connectivity index (χ2n) is 10.2. The first kappa shape index (κ1) is 26.7. The lowest BCUT2D eigenvalue weighted by Crippen LogP contribution is -2.38. The van der Waals surface area contributed by atoms with Crippen molar-refractivity contribution in [2.24, 2.45) is 12.0 Å². The number of amides is 1. The molecule has 1 heterocycles. The second-order valence-corrected chi connectivity index (χ2v) is 10.2. The van der Waals surface area contributed by atoms with Gasteiger partial charge in [-0.05, 0) is 45.4 Å². The van der Waals surface area contributed by atoms with Gasteiger partial charge < -0.3 is 4.84 Å². The summed E-state index contributed by atoms with van der Waals surface area (Å²) in [7, 11) is 1.89. The van der Waals surface area contributed by atoms with Crippen LogP contribution in [0, 0.1) is 0 Å². The first-order valence-corrected chi connectivity index (χ1v) is 11.1. The maximum absolute atomic E-state index is 13.4. The van der Waals surface area contributed by atoms with Gasteiger partial charge in [0, 0.05) is 36.3 Å². The highest BCUT2D eigenvalue weighted by atomic mass is 19.4. The molecule has 1 amide bonds. The van der Waals surface area contributed by atoms with Gasteiger partial charge in [-0.3, -0.25) is 14.2 Å². The zero-order valence-electron chi connectivity index (χ0n) is 20.7. The average molecular weight is 469 g/mol. The molecule has 1 aromatic heterocycles. The summed E-state index contributed by atoms with van der Waals surface area (Å²) in [4.78, 5) is 22.9. The van der Waals surface area contributed by atoms with Crippen LogP contribution in [-0.2, 0) is 25.2 Å². The Kier molecular flexibility index (Phi) is 7.89. The van der Waals surface area contributed by atoms with Crippen molar-refractivity contribution in [3.63, 3.8) is 0 Å². The molecule has 2 rings (SSSR count). The smallest absolute Gasteiger partial charge is 0.407 e. The SMILES string of the molecule is CCCCn1c(=NC(=O)c2cc(C(F)(F)F)ccc2ONC(C)(C)C)cc(C(C)(C)C)n1C. The maximum atomic E-state index is 13.4. The fourth-order valence-corrected chi connectivity index (χ4v) is 3.27. The Morgan fingerprint density at radius 3 is 2.24 bits per heavy atom. The predicted octanol–water partition coefficient (Wildman–Crippen LogP) is 5.37. The Morgan fingerprint density at radius 2 is 1.73 bits per heavy atom. The van der Waals surface area contributed by atoms with Crippen LogP contribution in [0.3, 0.4) is 0 Å². The van der Waals surface area contributed by atoms with Crippen LogP contribution in [0.1, 0.15) is 82.9 Å². The lowest BCUT2D eigenvalue weighted by Gasteiger charge is -2.21. The zero-order valence-corrected chi connectivity index (χ0v) is 20.7. The molecule has 0 bridgehead atoms. The summed E-state index contributed by atoms with van der Waals surface area (Å²) >= 11 is 0. The molecule has 0 radical (unpaired) electrons. The van der Waals surface area contributed by atoms with Crippen LogP contribution in [0.5, 0.6) is 5.75 Å². The number of hydroxylamine groups is 1. The van der Waals surface area contributed by atoms with Crippen molar-refractivity contribution in [3.8, 4) is 5.75 Å². The van der Waals surface area contributed by atoms with Crippen molar-refractivity contribution in [3.05, 3.63) is 46.6 Å². The van der Waals surface area contributed by atoms with Crippen LogP contribution in [0.25, 0.3) is 0 Å². The van der Waals surface area contributed by atoms with Crippen LogP contribution >= 0.6 is 0 Å². The molecule has 184 valence electrons. The first-order valence-electron chi connectivity index (χ1n) is 11.1. The molecule has 0 fully saturated rings. The highest BCUT2D eigenvalue weighted by Gasteiger charge is 2.32. The molecular weight excluding hydrogens is 433 g/mol. The molecule has 0 aliphatic rings. The number of halogens is 3. The average Bonchev–Trinajstić information content (AvgIpc) is 2.98. The Labute approximate surface area is 193 Å². The van der Waals surface area contributed by atoms with Crippen molar-refractivity contribution < 1.29 is 22.8 Å². The van der Waals surface area contributed by atoms with Crippen molar-refractivity contribution in [2.45, 2.75) is 85.0 Å². The molecule has 0 atom stereocenters. The number of nitrogens with one attached hydrogen (secondary N) is 1. The van der Waals surface area contributed by atoms with Crippen molar-refractivity contribution in [1.29, 1.82) is 0 Å². The molecule has 0 spiro atoms. The Bertz CT molecular complexity index is 1050. The van der Waals surface area contributed by atoms with Gasteiger partial charge in [-0.15, -0.1) is 0 Å². The lowest BCUT2D eigenvalue weighted by molar-refractivity contribution is -0.137. The van der Waals surface area contributed by atoms with Crippen molar-refractivity contribution >= 4 is 5.91 Å². The molecule has 6 nitrogen and oxygen atoms in total. The lowest BCUT2D eigenvalue weighted by atomic mass is 9.92. The van der Waals surface area contributed by atoms with E-state index in [1.165, 1.54) is 0 Å². The summed E-state index contributed by atoms with van der Waals surface area (Å²) < 4.78 is 43.9. The maximum Gasteiger partial charge on any atom is 0.416 e. The number of hydrogen-bond donors (Lipinski definition) is 1. The predicted molar refractivity (Wildman–Crippen MR) is 122 cm³/mol. The number of carbonyl (C=O) groups excluding carboxylic acids is 1. The molecule has 1 aromatic carbocycles. The van der Waals surface area contributed by atoms with E-state index in [9.17, 15) is 18.0 Å². The molecule has 0 aliphatic heterocycles. The highest BCUT2D eigenvalue weighted by molar-refractivity contribution is 5.97. The monoisotopic (exact) mass is 468 g/mol. The summed E-state index contributed by atoms with van der Waals surface area (Å²) in [6, 6.07) is 4.63. The molecule has 9 heteroatoms. The number of hydrogen-bond acceptors (Lipinski definition) is 3. The van der Waals surface area contributed by atoms with Gasteiger partial charge >= 0.3 is 6.18 Å². The van der Waals surface area contributed by atoms with Gasteiger partial charge in [0.2, 0.25) is 0 Å². The minimum absolute atomic E-state index is 0.0150. The van der Waals surface area contributed by atoms with Gasteiger partial charge in [0.1, 0.15) is 0 Å². The Hall–Kier alpha value is -2.55. The Morgan fingerprint density at radius 1 is 1.09 bits per heavy atom. The van der Waals surface area contributed by atoms with Gasteiger partial charge in [-0.25, -0.2) is 0 Å². The summed E-state index contributed by atoms with van der Waals surface area (Å²) in [5.74, 6) is -0.818. The van der Waals surface area contributed by atoms with E-state index in [2.05, 4.69) is 38.2 Å². The largest absolute Gasteiger partial charge is 0.416 e. The molecule has 0 unspecified atom stereocenters. The first-order chi connectivity index (χ1) is 15.0. The highest BCUT2D eigenvalue weighted by Crippen LogP contribution is 2.33. The van der Waals surface area contributed by atoms with E-state index < -0.39 is 23.2 Å². The van der Waals surface area contributed by atoms with Crippen LogP contribution < -0.4 is 15.8 Å². The Balaban J connectivity index is 2.64. The van der Waals surface area contributed by atoms with E-state index >= 15 is 0 Å². The molecular formula is C24H35F3N4O2. The molecule has 0 aliphatic carbocycles. The standard InChI is InChI=1S/C24H35F3N4O2/c1-9-10-13-31-20(15-19(30(31)8)22(2,3)4)28-21(32)17-14-16(24(25,26)27)11-12-18(17)33-29-23(5,6)7/h11-12,14-15,29H,9-10,13H2,1-8H3. The second kappa shape index (κ2) is 9.75. The van der Waals surface area contributed by atoms with Crippen LogP contribution in [0.2, 0.25) is 0 Å². The van der Waals surface area contributed by atoms with Gasteiger partial charge in [-0.2, -0.15) is 23.6 Å². The van der Waals surface area contributed by atoms with E-state index in [0.717, 1.165) is 36.7 Å². The van der Waals surface area contributed by atoms with Crippen molar-refractivity contribution in [2.75, 3.05) is 0 Å². The summed E-state index contributed by atoms with van der Waals surface area (Å²) in [6.07, 6.45) is -2.78. The molecule has 0 saturated carbocycles. The van der Waals surface area contributed by atoms with Crippen molar-refractivity contribution in [1.82, 2.24) is 14.8 Å². The number of nitrogens with zero attached hydrogens (tertiary/aromatic N) is 3. The minimum atomic E-state index is -4.60. The normalized spacial score (nSPS) is 13.5. The number of alkyl halides is 3. The molecule has 2 aromatic rings. The zero-order chi connectivity index (χ0) is 25.2. The van der Waals surface area contributed by atoms with Gasteiger partial charge in [-0.1, -0.05) is 34.1 Å². The van der Waals surface area contributed by atoms with E-state index in [1.54, 1.807) is 0 Å². The fourth-order valence-electron chi connectivity index (χ4n) is 3.27. The van der Waals surface area contributed by atoms with Gasteiger partial charge in [0.15, 0.2) is 11.2 Å². The third kappa shape index (κ3) is 6.96. The van der Waals surface area contributed by atoms with Crippen LogP contribution in [0.4, 0.5) is 13.2 Å². The minimum Gasteiger partial charge on any atom is -0.407 e. The molecule has 33 heavy (non-hydrogen) atoms. The van der Waals surface area contributed by atoms with E-state index in [0.29, 0.717) is 12.0 Å². The quantitative estimate of drug-likeness (QED) is 0.580. The van der Waals surface area contributed by atoms with Gasteiger partial charge in [0.25, 0.3) is 5.91 Å².